The lowest BCUT2D eigenvalue weighted by molar-refractivity contribution is -0.114. The van der Waals surface area contributed by atoms with Gasteiger partial charge in [-0.1, -0.05) is 18.2 Å². The molecule has 0 radical (unpaired) electrons. The molecule has 68 valence electrons. The molecule has 0 heterocycles. The fourth-order valence-electron chi connectivity index (χ4n) is 1.38. The van der Waals surface area contributed by atoms with E-state index in [1.165, 1.54) is 0 Å². The summed E-state index contributed by atoms with van der Waals surface area (Å²) in [5.74, 6) is -0.329. The standard InChI is InChI=1S/C10H12N2O/c11-7-9(10(12)13)6-8-4-2-1-3-5-8/h1-2,6,8H,3-5H2,(H2,12,13)/b9-6-/t8-/m1/s1. The molecule has 1 atom stereocenters. The summed E-state index contributed by atoms with van der Waals surface area (Å²) in [5, 5.41) is 8.59. The number of nitriles is 1. The molecule has 3 heteroatoms. The van der Waals surface area contributed by atoms with Crippen molar-refractivity contribution in [3.63, 3.8) is 0 Å². The third-order valence-corrected chi connectivity index (χ3v) is 2.10. The predicted octanol–water partition coefficient (Wildman–Crippen LogP) is 1.28. The van der Waals surface area contributed by atoms with E-state index in [0.717, 1.165) is 19.3 Å². The van der Waals surface area contributed by atoms with Gasteiger partial charge in [-0.3, -0.25) is 4.79 Å². The zero-order valence-electron chi connectivity index (χ0n) is 7.36. The minimum absolute atomic E-state index is 0.0836. The molecule has 0 saturated heterocycles. The maximum absolute atomic E-state index is 10.7. The highest BCUT2D eigenvalue weighted by Gasteiger charge is 2.10. The lowest BCUT2D eigenvalue weighted by atomic mass is 9.92. The molecule has 0 aromatic carbocycles. The van der Waals surface area contributed by atoms with E-state index in [1.54, 1.807) is 6.08 Å². The molecule has 0 spiro atoms. The van der Waals surface area contributed by atoms with Crippen LogP contribution in [0.3, 0.4) is 0 Å². The average Bonchev–Trinajstić information content (AvgIpc) is 2.15. The Balaban J connectivity index is 2.68. The Morgan fingerprint density at radius 2 is 2.38 bits per heavy atom. The number of carbonyl (C=O) groups is 1. The Bertz CT molecular complexity index is 297. The van der Waals surface area contributed by atoms with E-state index < -0.39 is 5.91 Å². The number of hydrogen-bond acceptors (Lipinski definition) is 2. The number of nitrogens with zero attached hydrogens (tertiary/aromatic N) is 1. The molecule has 0 aromatic heterocycles. The highest BCUT2D eigenvalue weighted by molar-refractivity contribution is 5.95. The second-order valence-corrected chi connectivity index (χ2v) is 3.10. The summed E-state index contributed by atoms with van der Waals surface area (Å²) >= 11 is 0. The van der Waals surface area contributed by atoms with Crippen LogP contribution in [-0.4, -0.2) is 5.91 Å². The highest BCUT2D eigenvalue weighted by Crippen LogP contribution is 2.20. The third kappa shape index (κ3) is 2.75. The topological polar surface area (TPSA) is 66.9 Å². The molecular formula is C10H12N2O. The van der Waals surface area contributed by atoms with Crippen molar-refractivity contribution < 1.29 is 4.79 Å². The molecule has 0 bridgehead atoms. The quantitative estimate of drug-likeness (QED) is 0.391. The molecule has 0 saturated carbocycles. The van der Waals surface area contributed by atoms with Crippen LogP contribution < -0.4 is 5.73 Å². The minimum atomic E-state index is -0.628. The number of amides is 1. The Morgan fingerprint density at radius 1 is 1.62 bits per heavy atom. The first-order valence-corrected chi connectivity index (χ1v) is 4.30. The molecule has 0 aliphatic heterocycles. The number of hydrogen-bond donors (Lipinski definition) is 1. The van der Waals surface area contributed by atoms with Gasteiger partial charge in [0.15, 0.2) is 0 Å². The average molecular weight is 176 g/mol. The molecule has 13 heavy (non-hydrogen) atoms. The van der Waals surface area contributed by atoms with Gasteiger partial charge >= 0.3 is 0 Å². The largest absolute Gasteiger partial charge is 0.365 e. The normalized spacial score (nSPS) is 22.4. The number of rotatable bonds is 2. The first-order chi connectivity index (χ1) is 6.24. The number of nitrogens with two attached hydrogens (primary N) is 1. The van der Waals surface area contributed by atoms with E-state index in [4.69, 9.17) is 11.0 Å². The molecule has 1 amide bonds. The van der Waals surface area contributed by atoms with Crippen molar-refractivity contribution in [3.8, 4) is 6.07 Å². The van der Waals surface area contributed by atoms with Crippen molar-refractivity contribution in [1.82, 2.24) is 0 Å². The van der Waals surface area contributed by atoms with Crippen LogP contribution in [0.4, 0.5) is 0 Å². The minimum Gasteiger partial charge on any atom is -0.365 e. The Kier molecular flexibility index (Phi) is 3.27. The van der Waals surface area contributed by atoms with E-state index in [1.807, 2.05) is 6.07 Å². The van der Waals surface area contributed by atoms with Crippen LogP contribution >= 0.6 is 0 Å². The lowest BCUT2D eigenvalue weighted by Crippen LogP contribution is -2.14. The number of primary amides is 1. The van der Waals surface area contributed by atoms with E-state index in [9.17, 15) is 4.79 Å². The Morgan fingerprint density at radius 3 is 2.85 bits per heavy atom. The van der Waals surface area contributed by atoms with Crippen molar-refractivity contribution in [3.05, 3.63) is 23.8 Å². The van der Waals surface area contributed by atoms with Gasteiger partial charge in [0, 0.05) is 0 Å². The number of allylic oxidation sites excluding steroid dienone is 3. The fourth-order valence-corrected chi connectivity index (χ4v) is 1.38. The molecule has 1 aliphatic carbocycles. The van der Waals surface area contributed by atoms with Gasteiger partial charge in [-0.05, 0) is 25.2 Å². The first kappa shape index (κ1) is 9.53. The summed E-state index contributed by atoms with van der Waals surface area (Å²) in [5.41, 5.74) is 5.10. The molecule has 1 rings (SSSR count). The van der Waals surface area contributed by atoms with Crippen LogP contribution in [0.25, 0.3) is 0 Å². The van der Waals surface area contributed by atoms with Crippen LogP contribution in [0.5, 0.6) is 0 Å². The summed E-state index contributed by atoms with van der Waals surface area (Å²) in [4.78, 5) is 10.7. The first-order valence-electron chi connectivity index (χ1n) is 4.30. The maximum Gasteiger partial charge on any atom is 0.259 e. The van der Waals surface area contributed by atoms with Crippen LogP contribution in [0.1, 0.15) is 19.3 Å². The van der Waals surface area contributed by atoms with Crippen molar-refractivity contribution >= 4 is 5.91 Å². The van der Waals surface area contributed by atoms with Crippen LogP contribution in [0.15, 0.2) is 23.8 Å². The van der Waals surface area contributed by atoms with Crippen LogP contribution in [0, 0.1) is 17.2 Å². The van der Waals surface area contributed by atoms with Gasteiger partial charge < -0.3 is 5.73 Å². The summed E-state index contributed by atoms with van der Waals surface area (Å²) < 4.78 is 0. The maximum atomic E-state index is 10.7. The highest BCUT2D eigenvalue weighted by atomic mass is 16.1. The van der Waals surface area contributed by atoms with Gasteiger partial charge in [-0.25, -0.2) is 0 Å². The van der Waals surface area contributed by atoms with Crippen LogP contribution in [-0.2, 0) is 4.79 Å². The van der Waals surface area contributed by atoms with Gasteiger partial charge in [-0.2, -0.15) is 5.26 Å². The van der Waals surface area contributed by atoms with E-state index in [2.05, 4.69) is 12.2 Å². The molecular weight excluding hydrogens is 164 g/mol. The van der Waals surface area contributed by atoms with Gasteiger partial charge in [0.25, 0.3) is 5.91 Å². The monoisotopic (exact) mass is 176 g/mol. The summed E-state index contributed by atoms with van der Waals surface area (Å²) in [6.07, 6.45) is 8.78. The molecule has 0 aromatic rings. The summed E-state index contributed by atoms with van der Waals surface area (Å²) in [6.45, 7) is 0. The van der Waals surface area contributed by atoms with Crippen molar-refractivity contribution in [2.45, 2.75) is 19.3 Å². The van der Waals surface area contributed by atoms with Crippen molar-refractivity contribution in [2.75, 3.05) is 0 Å². The van der Waals surface area contributed by atoms with E-state index in [-0.39, 0.29) is 5.57 Å². The second-order valence-electron chi connectivity index (χ2n) is 3.10. The zero-order valence-corrected chi connectivity index (χ0v) is 7.36. The van der Waals surface area contributed by atoms with E-state index >= 15 is 0 Å². The summed E-state index contributed by atoms with van der Waals surface area (Å²) in [7, 11) is 0. The summed E-state index contributed by atoms with van der Waals surface area (Å²) in [6, 6.07) is 1.81. The Hall–Kier alpha value is -1.56. The molecule has 3 nitrogen and oxygen atoms in total. The van der Waals surface area contributed by atoms with Crippen LogP contribution in [0.2, 0.25) is 0 Å². The van der Waals surface area contributed by atoms with E-state index in [0.29, 0.717) is 5.92 Å². The number of carbonyl (C=O) groups excluding carboxylic acids is 1. The molecule has 1 aliphatic rings. The zero-order chi connectivity index (χ0) is 9.68. The van der Waals surface area contributed by atoms with Crippen molar-refractivity contribution in [2.24, 2.45) is 11.7 Å². The van der Waals surface area contributed by atoms with Gasteiger partial charge in [-0.15, -0.1) is 0 Å². The lowest BCUT2D eigenvalue weighted by Gasteiger charge is -2.12. The van der Waals surface area contributed by atoms with Gasteiger partial charge in [0.05, 0.1) is 0 Å². The predicted molar refractivity (Wildman–Crippen MR) is 49.4 cm³/mol. The third-order valence-electron chi connectivity index (χ3n) is 2.10. The SMILES string of the molecule is N#C/C(=C/[C@@H]1CC=CCC1)C(N)=O. The van der Waals surface area contributed by atoms with Crippen molar-refractivity contribution in [1.29, 1.82) is 5.26 Å². The smallest absolute Gasteiger partial charge is 0.259 e. The second kappa shape index (κ2) is 4.46. The fraction of sp³-hybridized carbons (Fsp3) is 0.400. The van der Waals surface area contributed by atoms with Gasteiger partial charge in [0.1, 0.15) is 11.6 Å². The Labute approximate surface area is 77.5 Å². The molecule has 0 fully saturated rings. The molecule has 0 unspecified atom stereocenters. The van der Waals surface area contributed by atoms with Gasteiger partial charge in [0.2, 0.25) is 0 Å². The molecule has 2 N–H and O–H groups in total.